The number of rotatable bonds is 0. The number of nitrogens with one attached hydrogen (secondary N) is 1. The van der Waals surface area contributed by atoms with Crippen LogP contribution in [0.4, 0.5) is 0 Å². The van der Waals surface area contributed by atoms with Crippen molar-refractivity contribution in [3.8, 4) is 0 Å². The average molecular weight is 420 g/mol. The minimum absolute atomic E-state index is 0.0556. The van der Waals surface area contributed by atoms with Gasteiger partial charge in [0.2, 0.25) is 5.79 Å². The molecule has 4 saturated heterocycles. The van der Waals surface area contributed by atoms with Crippen molar-refractivity contribution in [3.05, 3.63) is 0 Å². The molecule has 0 aromatic carbocycles. The molecular weight excluding hydrogens is 386 g/mol. The maximum atomic E-state index is 14.3. The van der Waals surface area contributed by atoms with E-state index in [9.17, 15) is 15.0 Å². The Morgan fingerprint density at radius 2 is 1.83 bits per heavy atom. The van der Waals surface area contributed by atoms with Gasteiger partial charge in [0.1, 0.15) is 11.5 Å². The SMILES string of the molecule is CC1(C)O[C@@H]2[C@H]3CCC4[C@@]56COC(O1)([C@@H](O)[C@@H]5C(C)(C)CC[C@@H]6O)[C@]42C(=O)C31CN1. The molecule has 0 aromatic heterocycles. The molecule has 8 aliphatic rings. The van der Waals surface area contributed by atoms with Gasteiger partial charge in [0.15, 0.2) is 11.6 Å². The summed E-state index contributed by atoms with van der Waals surface area (Å²) in [6, 6.07) is 0. The first-order chi connectivity index (χ1) is 14.0. The Balaban J connectivity index is 1.55. The standard InChI is InChI=1S/C23H33NO6/c1-18(2)8-7-13(25)20-10-28-23(15(26)14(18)20)22-12(20)6-5-11(21(9-24-21)17(22)27)16(22)29-19(3,4)30-23/h11-16,24-26H,5-10H2,1-4H3/t11-,12?,13+,14-,15+,16-,20-,21?,22-,23?/m1/s1. The maximum Gasteiger partial charge on any atom is 0.213 e. The lowest BCUT2D eigenvalue weighted by atomic mass is 9.35. The van der Waals surface area contributed by atoms with E-state index in [2.05, 4.69) is 19.2 Å². The molecule has 7 heteroatoms. The third-order valence-electron chi connectivity index (χ3n) is 10.5. The number of carbonyl (C=O) groups excluding carboxylic acids is 1. The van der Waals surface area contributed by atoms with E-state index in [4.69, 9.17) is 14.2 Å². The Morgan fingerprint density at radius 3 is 2.53 bits per heavy atom. The molecule has 0 radical (unpaired) electrons. The highest BCUT2D eigenvalue weighted by atomic mass is 16.8. The van der Waals surface area contributed by atoms with E-state index in [0.717, 1.165) is 19.3 Å². The van der Waals surface area contributed by atoms with Gasteiger partial charge in [-0.3, -0.25) is 4.79 Å². The molecule has 7 nitrogen and oxygen atoms in total. The molecule has 3 unspecified atom stereocenters. The molecule has 166 valence electrons. The van der Waals surface area contributed by atoms with Crippen molar-refractivity contribution in [2.45, 2.75) is 88.8 Å². The Hall–Kier alpha value is -0.570. The van der Waals surface area contributed by atoms with Gasteiger partial charge in [-0.15, -0.1) is 0 Å². The lowest BCUT2D eigenvalue weighted by molar-refractivity contribution is -0.534. The fraction of sp³-hybridized carbons (Fsp3) is 0.957. The van der Waals surface area contributed by atoms with E-state index in [1.165, 1.54) is 0 Å². The highest BCUT2D eigenvalue weighted by Crippen LogP contribution is 2.80. The highest BCUT2D eigenvalue weighted by molar-refractivity contribution is 6.02. The van der Waals surface area contributed by atoms with Crippen LogP contribution in [0.25, 0.3) is 0 Å². The number of ketones is 1. The lowest BCUT2D eigenvalue weighted by Crippen LogP contribution is -2.88. The average Bonchev–Trinajstić information content (AvgIpc) is 3.45. The van der Waals surface area contributed by atoms with Gasteiger partial charge in [-0.1, -0.05) is 13.8 Å². The van der Waals surface area contributed by atoms with E-state index >= 15 is 0 Å². The van der Waals surface area contributed by atoms with Crippen molar-refractivity contribution in [3.63, 3.8) is 0 Å². The zero-order valence-electron chi connectivity index (χ0n) is 18.2. The lowest BCUT2D eigenvalue weighted by Gasteiger charge is -2.77. The molecule has 4 aliphatic carbocycles. The number of carbonyl (C=O) groups is 1. The second-order valence-electron chi connectivity index (χ2n) is 12.3. The van der Waals surface area contributed by atoms with E-state index in [1.807, 2.05) is 13.8 Å². The Morgan fingerprint density at radius 1 is 1.10 bits per heavy atom. The van der Waals surface area contributed by atoms with Crippen LogP contribution in [0.5, 0.6) is 0 Å². The van der Waals surface area contributed by atoms with Crippen LogP contribution in [0.3, 0.4) is 0 Å². The summed E-state index contributed by atoms with van der Waals surface area (Å²) in [5.41, 5.74) is -2.50. The zero-order chi connectivity index (χ0) is 21.1. The summed E-state index contributed by atoms with van der Waals surface area (Å²) >= 11 is 0. The summed E-state index contributed by atoms with van der Waals surface area (Å²) in [6.45, 7) is 9.08. The first-order valence-corrected chi connectivity index (χ1v) is 11.7. The van der Waals surface area contributed by atoms with Crippen molar-refractivity contribution in [2.24, 2.45) is 34.0 Å². The number of ether oxygens (including phenoxy) is 3. The molecule has 10 atom stereocenters. The van der Waals surface area contributed by atoms with Crippen LogP contribution < -0.4 is 5.32 Å². The normalized spacial score (nSPS) is 63.5. The van der Waals surface area contributed by atoms with Gasteiger partial charge in [0.25, 0.3) is 0 Å². The van der Waals surface area contributed by atoms with Crippen LogP contribution >= 0.6 is 0 Å². The quantitative estimate of drug-likeness (QED) is 0.502. The van der Waals surface area contributed by atoms with Crippen LogP contribution in [0.2, 0.25) is 0 Å². The molecule has 4 bridgehead atoms. The minimum atomic E-state index is -1.42. The molecule has 4 saturated carbocycles. The Kier molecular flexibility index (Phi) is 3.06. The van der Waals surface area contributed by atoms with Gasteiger partial charge < -0.3 is 29.7 Å². The largest absolute Gasteiger partial charge is 0.392 e. The summed E-state index contributed by atoms with van der Waals surface area (Å²) in [4.78, 5) is 14.3. The fourth-order valence-electron chi connectivity index (χ4n) is 9.65. The van der Waals surface area contributed by atoms with Gasteiger partial charge in [0.05, 0.1) is 24.4 Å². The monoisotopic (exact) mass is 419 g/mol. The number of aliphatic hydroxyl groups excluding tert-OH is 2. The summed E-state index contributed by atoms with van der Waals surface area (Å²) in [6.07, 6.45) is 1.26. The number of Topliss-reactive ketones (excluding diaryl/α,β-unsaturated/α-hetero) is 1. The molecule has 8 fully saturated rings. The molecule has 4 aliphatic heterocycles. The van der Waals surface area contributed by atoms with Crippen molar-refractivity contribution in [1.82, 2.24) is 5.32 Å². The van der Waals surface area contributed by atoms with E-state index in [0.29, 0.717) is 19.6 Å². The van der Waals surface area contributed by atoms with E-state index < -0.39 is 40.2 Å². The molecule has 3 N–H and O–H groups in total. The third kappa shape index (κ3) is 1.57. The number of hydrogen-bond donors (Lipinski definition) is 3. The number of fused-ring (bicyclic) bond motifs is 2. The fourth-order valence-corrected chi connectivity index (χ4v) is 9.65. The molecule has 0 aromatic rings. The smallest absolute Gasteiger partial charge is 0.213 e. The van der Waals surface area contributed by atoms with Gasteiger partial charge in [0, 0.05) is 23.8 Å². The first-order valence-electron chi connectivity index (χ1n) is 11.7. The van der Waals surface area contributed by atoms with Crippen LogP contribution in [-0.2, 0) is 19.0 Å². The van der Waals surface area contributed by atoms with Gasteiger partial charge >= 0.3 is 0 Å². The highest BCUT2D eigenvalue weighted by Gasteiger charge is 2.93. The maximum absolute atomic E-state index is 14.3. The van der Waals surface area contributed by atoms with Crippen LogP contribution in [-0.4, -0.2) is 64.6 Å². The molecule has 8 rings (SSSR count). The second-order valence-corrected chi connectivity index (χ2v) is 12.3. The van der Waals surface area contributed by atoms with Crippen molar-refractivity contribution >= 4 is 5.78 Å². The summed E-state index contributed by atoms with van der Waals surface area (Å²) < 4.78 is 19.6. The molecule has 4 heterocycles. The Bertz CT molecular complexity index is 868. The first kappa shape index (κ1) is 18.9. The van der Waals surface area contributed by atoms with Crippen LogP contribution in [0, 0.1) is 34.0 Å². The van der Waals surface area contributed by atoms with Gasteiger partial charge in [-0.05, 0) is 50.9 Å². The summed E-state index contributed by atoms with van der Waals surface area (Å²) in [7, 11) is 0. The van der Waals surface area contributed by atoms with Crippen LogP contribution in [0.15, 0.2) is 0 Å². The summed E-state index contributed by atoms with van der Waals surface area (Å²) in [5, 5.41) is 26.9. The zero-order valence-corrected chi connectivity index (χ0v) is 18.2. The van der Waals surface area contributed by atoms with E-state index in [1.54, 1.807) is 0 Å². The number of aliphatic hydroxyl groups is 2. The predicted octanol–water partition coefficient (Wildman–Crippen LogP) is 0.960. The molecule has 0 amide bonds. The van der Waals surface area contributed by atoms with Crippen molar-refractivity contribution < 1.29 is 29.2 Å². The van der Waals surface area contributed by atoms with E-state index in [-0.39, 0.29) is 35.1 Å². The van der Waals surface area contributed by atoms with Crippen molar-refractivity contribution in [2.75, 3.05) is 13.2 Å². The van der Waals surface area contributed by atoms with Gasteiger partial charge in [-0.25, -0.2) is 0 Å². The topological polar surface area (TPSA) is 107 Å². The van der Waals surface area contributed by atoms with Crippen molar-refractivity contribution in [1.29, 1.82) is 0 Å². The minimum Gasteiger partial charge on any atom is -0.392 e. The summed E-state index contributed by atoms with van der Waals surface area (Å²) in [5.74, 6) is -2.55. The van der Waals surface area contributed by atoms with Gasteiger partial charge in [-0.2, -0.15) is 0 Å². The molecular formula is C23H33NO6. The van der Waals surface area contributed by atoms with Crippen LogP contribution in [0.1, 0.15) is 53.4 Å². The Labute approximate surface area is 176 Å². The molecule has 30 heavy (non-hydrogen) atoms. The second kappa shape index (κ2) is 4.85. The predicted molar refractivity (Wildman–Crippen MR) is 104 cm³/mol. The third-order valence-corrected chi connectivity index (χ3v) is 10.5. The number of hydrogen-bond acceptors (Lipinski definition) is 7. The molecule has 4 spiro atoms.